The topological polar surface area (TPSA) is 49.8 Å². The lowest BCUT2D eigenvalue weighted by molar-refractivity contribution is -0.146. The molecule has 0 unspecified atom stereocenters. The van der Waals surface area contributed by atoms with Crippen LogP contribution in [0.4, 0.5) is 0 Å². The fraction of sp³-hybridized carbons (Fsp3) is 0.889. The first-order valence-electron chi connectivity index (χ1n) is 4.45. The van der Waals surface area contributed by atoms with Crippen molar-refractivity contribution in [2.75, 3.05) is 20.2 Å². The van der Waals surface area contributed by atoms with E-state index in [1.54, 1.807) is 12.0 Å². The molecule has 0 aromatic carbocycles. The quantitative estimate of drug-likeness (QED) is 0.677. The highest BCUT2D eigenvalue weighted by Crippen LogP contribution is 2.17. The van der Waals surface area contributed by atoms with Crippen molar-refractivity contribution in [1.29, 1.82) is 0 Å². The van der Waals surface area contributed by atoms with Gasteiger partial charge in [0.15, 0.2) is 0 Å². The van der Waals surface area contributed by atoms with Gasteiger partial charge in [0.05, 0.1) is 18.1 Å². The summed E-state index contributed by atoms with van der Waals surface area (Å²) in [5.74, 6) is 0.0529. The van der Waals surface area contributed by atoms with Crippen molar-refractivity contribution in [1.82, 2.24) is 4.90 Å². The van der Waals surface area contributed by atoms with E-state index in [1.807, 2.05) is 13.8 Å². The molecule has 1 aliphatic rings. The molecule has 4 heteroatoms. The minimum Gasteiger partial charge on any atom is -0.389 e. The van der Waals surface area contributed by atoms with E-state index in [4.69, 9.17) is 9.84 Å². The molecule has 4 nitrogen and oxygen atoms in total. The number of carbonyl (C=O) groups is 1. The van der Waals surface area contributed by atoms with Crippen LogP contribution in [0.1, 0.15) is 20.3 Å². The van der Waals surface area contributed by atoms with Crippen LogP contribution >= 0.6 is 0 Å². The van der Waals surface area contributed by atoms with Crippen molar-refractivity contribution in [3.63, 3.8) is 0 Å². The molecule has 0 radical (unpaired) electrons. The van der Waals surface area contributed by atoms with Crippen molar-refractivity contribution in [2.45, 2.75) is 32.0 Å². The first-order chi connectivity index (χ1) is 5.94. The maximum absolute atomic E-state index is 11.5. The van der Waals surface area contributed by atoms with Gasteiger partial charge in [-0.1, -0.05) is 0 Å². The molecule has 1 rings (SSSR count). The number of carbonyl (C=O) groups excluding carboxylic acids is 1. The van der Waals surface area contributed by atoms with Gasteiger partial charge in [0.1, 0.15) is 0 Å². The predicted molar refractivity (Wildman–Crippen MR) is 48.3 cm³/mol. The van der Waals surface area contributed by atoms with Gasteiger partial charge in [0.2, 0.25) is 5.91 Å². The average Bonchev–Trinajstić information content (AvgIpc) is 1.98. The monoisotopic (exact) mass is 187 g/mol. The molecule has 13 heavy (non-hydrogen) atoms. The molecule has 0 aliphatic carbocycles. The second-order valence-electron chi connectivity index (χ2n) is 4.09. The molecule has 0 aromatic heterocycles. The van der Waals surface area contributed by atoms with Crippen LogP contribution < -0.4 is 0 Å². The lowest BCUT2D eigenvalue weighted by atomic mass is 10.0. The zero-order valence-corrected chi connectivity index (χ0v) is 8.41. The van der Waals surface area contributed by atoms with Gasteiger partial charge in [-0.2, -0.15) is 0 Å². The number of amides is 1. The van der Waals surface area contributed by atoms with Crippen LogP contribution in [0.5, 0.6) is 0 Å². The predicted octanol–water partition coefficient (Wildman–Crippen LogP) is 0.00460. The number of aliphatic hydroxyl groups is 1. The van der Waals surface area contributed by atoms with E-state index >= 15 is 0 Å². The van der Waals surface area contributed by atoms with Crippen LogP contribution in [-0.2, 0) is 9.53 Å². The number of aliphatic hydroxyl groups excluding tert-OH is 1. The SMILES string of the molecule is COC(C)(C)CC(=O)N1CC(O)C1. The van der Waals surface area contributed by atoms with E-state index in [0.717, 1.165) is 0 Å². The molecule has 1 aliphatic heterocycles. The Morgan fingerprint density at radius 1 is 1.62 bits per heavy atom. The molecular weight excluding hydrogens is 170 g/mol. The second-order valence-corrected chi connectivity index (χ2v) is 4.09. The Morgan fingerprint density at radius 3 is 2.54 bits per heavy atom. The fourth-order valence-electron chi connectivity index (χ4n) is 1.21. The molecule has 1 amide bonds. The van der Waals surface area contributed by atoms with E-state index in [0.29, 0.717) is 19.5 Å². The number of hydrogen-bond donors (Lipinski definition) is 1. The van der Waals surface area contributed by atoms with Gasteiger partial charge in [-0.3, -0.25) is 4.79 Å². The highest BCUT2D eigenvalue weighted by atomic mass is 16.5. The molecule has 0 atom stereocenters. The van der Waals surface area contributed by atoms with Crippen molar-refractivity contribution in [3.05, 3.63) is 0 Å². The number of rotatable bonds is 3. The Hall–Kier alpha value is -0.610. The van der Waals surface area contributed by atoms with Crippen LogP contribution in [-0.4, -0.2) is 47.8 Å². The lowest BCUT2D eigenvalue weighted by Gasteiger charge is -2.37. The van der Waals surface area contributed by atoms with Gasteiger partial charge in [0.25, 0.3) is 0 Å². The van der Waals surface area contributed by atoms with Crippen LogP contribution in [0.25, 0.3) is 0 Å². The molecule has 1 fully saturated rings. The summed E-state index contributed by atoms with van der Waals surface area (Å²) in [6.07, 6.45) is 0.0468. The molecule has 76 valence electrons. The summed E-state index contributed by atoms with van der Waals surface area (Å²) in [7, 11) is 1.60. The summed E-state index contributed by atoms with van der Waals surface area (Å²) in [6, 6.07) is 0. The van der Waals surface area contributed by atoms with Gasteiger partial charge < -0.3 is 14.7 Å². The first kappa shape index (κ1) is 10.5. The minimum atomic E-state index is -0.405. The summed E-state index contributed by atoms with van der Waals surface area (Å²) in [5.41, 5.74) is -0.405. The smallest absolute Gasteiger partial charge is 0.225 e. The number of methoxy groups -OCH3 is 1. The lowest BCUT2D eigenvalue weighted by Crippen LogP contribution is -2.54. The summed E-state index contributed by atoms with van der Waals surface area (Å²) in [6.45, 7) is 4.69. The third kappa shape index (κ3) is 2.67. The highest BCUT2D eigenvalue weighted by molar-refractivity contribution is 5.78. The number of hydrogen-bond acceptors (Lipinski definition) is 3. The Kier molecular flexibility index (Phi) is 2.93. The summed E-state index contributed by atoms with van der Waals surface area (Å²) in [4.78, 5) is 13.1. The Balaban J connectivity index is 2.33. The van der Waals surface area contributed by atoms with Gasteiger partial charge in [-0.25, -0.2) is 0 Å². The van der Waals surface area contributed by atoms with Crippen molar-refractivity contribution < 1.29 is 14.6 Å². The zero-order valence-electron chi connectivity index (χ0n) is 8.41. The molecule has 1 saturated heterocycles. The number of likely N-dealkylation sites (tertiary alicyclic amines) is 1. The maximum Gasteiger partial charge on any atom is 0.225 e. The standard InChI is InChI=1S/C9H17NO3/c1-9(2,13-3)4-8(12)10-5-7(11)6-10/h7,11H,4-6H2,1-3H3. The molecule has 0 spiro atoms. The summed E-state index contributed by atoms with van der Waals surface area (Å²) in [5, 5.41) is 9.00. The number of nitrogens with zero attached hydrogens (tertiary/aromatic N) is 1. The molecule has 0 saturated carbocycles. The van der Waals surface area contributed by atoms with E-state index in [9.17, 15) is 4.79 Å². The van der Waals surface area contributed by atoms with Crippen molar-refractivity contribution in [2.24, 2.45) is 0 Å². The zero-order chi connectivity index (χ0) is 10.1. The number of ether oxygens (including phenoxy) is 1. The van der Waals surface area contributed by atoms with Gasteiger partial charge in [-0.15, -0.1) is 0 Å². The minimum absolute atomic E-state index is 0.0529. The second kappa shape index (κ2) is 3.64. The van der Waals surface area contributed by atoms with Crippen LogP contribution in [0.3, 0.4) is 0 Å². The number of β-amino-alcohol motifs (C(OH)–C–C–N with tert-alkyl or cyclic N) is 1. The van der Waals surface area contributed by atoms with Crippen LogP contribution in [0.15, 0.2) is 0 Å². The van der Waals surface area contributed by atoms with Gasteiger partial charge >= 0.3 is 0 Å². The van der Waals surface area contributed by atoms with Gasteiger partial charge in [0, 0.05) is 20.2 Å². The van der Waals surface area contributed by atoms with E-state index in [2.05, 4.69) is 0 Å². The Bertz CT molecular complexity index is 197. The third-order valence-electron chi connectivity index (χ3n) is 2.34. The molecular formula is C9H17NO3. The fourth-order valence-corrected chi connectivity index (χ4v) is 1.21. The molecule has 0 bridgehead atoms. The molecule has 0 aromatic rings. The van der Waals surface area contributed by atoms with Gasteiger partial charge in [-0.05, 0) is 13.8 Å². The van der Waals surface area contributed by atoms with Crippen molar-refractivity contribution in [3.8, 4) is 0 Å². The van der Waals surface area contributed by atoms with E-state index < -0.39 is 5.60 Å². The normalized spacial score (nSPS) is 18.6. The van der Waals surface area contributed by atoms with Crippen LogP contribution in [0, 0.1) is 0 Å². The summed E-state index contributed by atoms with van der Waals surface area (Å²) >= 11 is 0. The first-order valence-corrected chi connectivity index (χ1v) is 4.45. The largest absolute Gasteiger partial charge is 0.389 e. The molecule has 1 heterocycles. The van der Waals surface area contributed by atoms with E-state index in [1.165, 1.54) is 0 Å². The summed E-state index contributed by atoms with van der Waals surface area (Å²) < 4.78 is 5.14. The Labute approximate surface area is 78.5 Å². The average molecular weight is 187 g/mol. The maximum atomic E-state index is 11.5. The third-order valence-corrected chi connectivity index (χ3v) is 2.34. The van der Waals surface area contributed by atoms with E-state index in [-0.39, 0.29) is 12.0 Å². The highest BCUT2D eigenvalue weighted by Gasteiger charge is 2.32. The Morgan fingerprint density at radius 2 is 2.15 bits per heavy atom. The van der Waals surface area contributed by atoms with Crippen molar-refractivity contribution >= 4 is 5.91 Å². The molecule has 1 N–H and O–H groups in total. The van der Waals surface area contributed by atoms with Crippen LogP contribution in [0.2, 0.25) is 0 Å².